The predicted molar refractivity (Wildman–Crippen MR) is 138 cm³/mol. The van der Waals surface area contributed by atoms with Crippen molar-refractivity contribution in [3.05, 3.63) is 23.1 Å². The van der Waals surface area contributed by atoms with Crippen LogP contribution >= 0.6 is 11.6 Å². The summed E-state index contributed by atoms with van der Waals surface area (Å²) >= 11 is 6.33. The molecule has 0 aliphatic carbocycles. The van der Waals surface area contributed by atoms with Crippen molar-refractivity contribution in [2.24, 2.45) is 0 Å². The van der Waals surface area contributed by atoms with Gasteiger partial charge in [-0.15, -0.1) is 0 Å². The van der Waals surface area contributed by atoms with Crippen molar-refractivity contribution in [1.82, 2.24) is 29.5 Å². The van der Waals surface area contributed by atoms with Crippen LogP contribution < -0.4 is 10.6 Å². The van der Waals surface area contributed by atoms with Gasteiger partial charge in [-0.25, -0.2) is 9.78 Å². The molecular weight excluding hydrogens is 468 g/mol. The molecule has 2 N–H and O–H groups in total. The normalized spacial score (nSPS) is 17.6. The van der Waals surface area contributed by atoms with Gasteiger partial charge in [0, 0.05) is 45.0 Å². The Balaban J connectivity index is 1.35. The highest BCUT2D eigenvalue weighted by Gasteiger charge is 2.24. The molecule has 0 spiro atoms. The Morgan fingerprint density at radius 3 is 2.77 bits per heavy atom. The molecule has 4 heterocycles. The number of hydrogen-bond acceptors (Lipinski definition) is 8. The molecule has 0 bridgehead atoms. The summed E-state index contributed by atoms with van der Waals surface area (Å²) in [5.74, 6) is 1.04. The van der Waals surface area contributed by atoms with E-state index in [1.807, 2.05) is 0 Å². The number of ether oxygens (including phenoxy) is 1. The van der Waals surface area contributed by atoms with E-state index in [1.54, 1.807) is 11.1 Å². The highest BCUT2D eigenvalue weighted by atomic mass is 35.5. The van der Waals surface area contributed by atoms with E-state index in [0.717, 1.165) is 63.1 Å². The molecule has 2 aromatic heterocycles. The lowest BCUT2D eigenvalue weighted by molar-refractivity contribution is 0.0729. The molecule has 0 saturated carbocycles. The Labute approximate surface area is 212 Å². The third-order valence-corrected chi connectivity index (χ3v) is 6.97. The molecule has 192 valence electrons. The van der Waals surface area contributed by atoms with E-state index < -0.39 is 0 Å². The lowest BCUT2D eigenvalue weighted by Gasteiger charge is -2.34. The minimum atomic E-state index is -0.236. The maximum atomic E-state index is 11.8. The van der Waals surface area contributed by atoms with Gasteiger partial charge in [-0.05, 0) is 46.0 Å². The highest BCUT2D eigenvalue weighted by Crippen LogP contribution is 2.28. The van der Waals surface area contributed by atoms with E-state index >= 15 is 0 Å². The summed E-state index contributed by atoms with van der Waals surface area (Å²) in [7, 11) is 0. The van der Waals surface area contributed by atoms with Crippen molar-refractivity contribution in [3.8, 4) is 0 Å². The molecule has 4 rings (SSSR count). The molecule has 2 aliphatic heterocycles. The number of carbonyl (C=O) groups is 1. The highest BCUT2D eigenvalue weighted by molar-refractivity contribution is 6.32. The second-order valence-electron chi connectivity index (χ2n) is 9.43. The molecule has 2 aromatic rings. The molecule has 2 aliphatic rings. The average molecular weight is 505 g/mol. The third-order valence-electron chi connectivity index (χ3n) is 6.69. The lowest BCUT2D eigenvalue weighted by Crippen LogP contribution is -2.39. The Bertz CT molecular complexity index is 990. The van der Waals surface area contributed by atoms with Crippen LogP contribution in [0.1, 0.15) is 58.2 Å². The van der Waals surface area contributed by atoms with Gasteiger partial charge in [0.05, 0.1) is 30.2 Å². The molecule has 0 unspecified atom stereocenters. The van der Waals surface area contributed by atoms with Crippen molar-refractivity contribution < 1.29 is 9.53 Å². The van der Waals surface area contributed by atoms with E-state index in [0.29, 0.717) is 48.6 Å². The van der Waals surface area contributed by atoms with Crippen molar-refractivity contribution in [3.63, 3.8) is 0 Å². The Morgan fingerprint density at radius 1 is 1.26 bits per heavy atom. The number of piperidine rings is 1. The first-order chi connectivity index (χ1) is 16.9. The molecular formula is C24H37ClN8O2. The van der Waals surface area contributed by atoms with Crippen molar-refractivity contribution >= 4 is 35.1 Å². The number of amides is 1. The van der Waals surface area contributed by atoms with Crippen LogP contribution in [-0.4, -0.2) is 81.0 Å². The first kappa shape index (κ1) is 25.5. The van der Waals surface area contributed by atoms with Crippen LogP contribution in [0.3, 0.4) is 0 Å². The first-order valence-corrected chi connectivity index (χ1v) is 13.1. The van der Waals surface area contributed by atoms with E-state index in [4.69, 9.17) is 21.4 Å². The number of anilines is 3. The fourth-order valence-electron chi connectivity index (χ4n) is 4.60. The van der Waals surface area contributed by atoms with Crippen LogP contribution in [0.2, 0.25) is 5.02 Å². The maximum absolute atomic E-state index is 11.8. The minimum Gasteiger partial charge on any atom is -0.449 e. The van der Waals surface area contributed by atoms with Crippen LogP contribution in [-0.2, 0) is 11.2 Å². The molecule has 1 amide bonds. The van der Waals surface area contributed by atoms with Crippen molar-refractivity contribution in [2.45, 2.75) is 65.0 Å². The van der Waals surface area contributed by atoms with Gasteiger partial charge in [-0.2, -0.15) is 10.1 Å². The number of halogens is 1. The number of aryl methyl sites for hydroxylation is 1. The zero-order chi connectivity index (χ0) is 24.8. The van der Waals surface area contributed by atoms with Gasteiger partial charge in [0.25, 0.3) is 0 Å². The molecule has 10 nitrogen and oxygen atoms in total. The SMILES string of the molecule is CCc1nn(C2CCN(C(C)C)CC2)cc1Nc1ncc(Cl)c(NCCCN2CCCOC2=O)n1. The van der Waals surface area contributed by atoms with Crippen molar-refractivity contribution in [1.29, 1.82) is 0 Å². The number of rotatable bonds is 10. The van der Waals surface area contributed by atoms with Gasteiger partial charge in [-0.3, -0.25) is 4.68 Å². The Kier molecular flexibility index (Phi) is 8.67. The first-order valence-electron chi connectivity index (χ1n) is 12.7. The van der Waals surface area contributed by atoms with Gasteiger partial charge >= 0.3 is 6.09 Å². The summed E-state index contributed by atoms with van der Waals surface area (Å²) in [5, 5.41) is 11.9. The van der Waals surface area contributed by atoms with E-state index in [-0.39, 0.29) is 6.09 Å². The zero-order valence-electron chi connectivity index (χ0n) is 21.0. The van der Waals surface area contributed by atoms with Crippen LogP contribution in [0.4, 0.5) is 22.2 Å². The molecule has 0 radical (unpaired) electrons. The van der Waals surface area contributed by atoms with E-state index in [9.17, 15) is 4.79 Å². The van der Waals surface area contributed by atoms with E-state index in [1.165, 1.54) is 0 Å². The smallest absolute Gasteiger partial charge is 0.409 e. The van der Waals surface area contributed by atoms with Gasteiger partial charge in [0.15, 0.2) is 0 Å². The van der Waals surface area contributed by atoms with Gasteiger partial charge in [0.2, 0.25) is 5.95 Å². The molecule has 0 aromatic carbocycles. The third kappa shape index (κ3) is 6.55. The zero-order valence-corrected chi connectivity index (χ0v) is 21.7. The van der Waals surface area contributed by atoms with Crippen LogP contribution in [0.5, 0.6) is 0 Å². The van der Waals surface area contributed by atoms with Crippen LogP contribution in [0, 0.1) is 0 Å². The summed E-state index contributed by atoms with van der Waals surface area (Å²) in [6, 6.07) is 0.995. The molecule has 11 heteroatoms. The number of nitrogens with zero attached hydrogens (tertiary/aromatic N) is 6. The average Bonchev–Trinajstić information content (AvgIpc) is 3.27. The largest absolute Gasteiger partial charge is 0.449 e. The molecule has 35 heavy (non-hydrogen) atoms. The van der Waals surface area contributed by atoms with Gasteiger partial charge < -0.3 is 25.2 Å². The number of carbonyl (C=O) groups excluding carboxylic acids is 1. The minimum absolute atomic E-state index is 0.236. The predicted octanol–water partition coefficient (Wildman–Crippen LogP) is 4.32. The maximum Gasteiger partial charge on any atom is 0.409 e. The summed E-state index contributed by atoms with van der Waals surface area (Å²) in [5.41, 5.74) is 1.92. The summed E-state index contributed by atoms with van der Waals surface area (Å²) in [6.07, 6.45) is 8.10. The number of aromatic nitrogens is 4. The van der Waals surface area contributed by atoms with Gasteiger partial charge in [-0.1, -0.05) is 18.5 Å². The summed E-state index contributed by atoms with van der Waals surface area (Å²) in [4.78, 5) is 25.0. The van der Waals surface area contributed by atoms with E-state index in [2.05, 4.69) is 57.2 Å². The molecule has 2 fully saturated rings. The topological polar surface area (TPSA) is 100 Å². The standard InChI is InChI=1S/C24H37ClN8O2/c1-4-20-21(16-33(30-20)18-7-12-31(13-8-18)17(2)3)28-23-27-15-19(25)22(29-23)26-9-5-10-32-11-6-14-35-24(32)34/h15-18H,4-14H2,1-3H3,(H2,26,27,28,29). The second kappa shape index (κ2) is 11.9. The Hall–Kier alpha value is -2.59. The molecule has 0 atom stereocenters. The quantitative estimate of drug-likeness (QED) is 0.461. The molecule has 2 saturated heterocycles. The fourth-order valence-corrected chi connectivity index (χ4v) is 4.76. The monoisotopic (exact) mass is 504 g/mol. The number of hydrogen-bond donors (Lipinski definition) is 2. The van der Waals surface area contributed by atoms with Crippen molar-refractivity contribution in [2.75, 3.05) is 50.0 Å². The second-order valence-corrected chi connectivity index (χ2v) is 9.84. The van der Waals surface area contributed by atoms with Gasteiger partial charge in [0.1, 0.15) is 10.8 Å². The Morgan fingerprint density at radius 2 is 2.06 bits per heavy atom. The summed E-state index contributed by atoms with van der Waals surface area (Å²) in [6.45, 7) is 11.3. The summed E-state index contributed by atoms with van der Waals surface area (Å²) < 4.78 is 7.19. The number of likely N-dealkylation sites (tertiary alicyclic amines) is 1. The number of nitrogens with one attached hydrogen (secondary N) is 2. The fraction of sp³-hybridized carbons (Fsp3) is 0.667. The van der Waals surface area contributed by atoms with Crippen LogP contribution in [0.15, 0.2) is 12.4 Å². The lowest BCUT2D eigenvalue weighted by atomic mass is 10.0. The number of cyclic esters (lactones) is 1. The van der Waals surface area contributed by atoms with Crippen LogP contribution in [0.25, 0.3) is 0 Å².